The van der Waals surface area contributed by atoms with Crippen LogP contribution in [0.25, 0.3) is 67.5 Å². The van der Waals surface area contributed by atoms with Crippen molar-refractivity contribution in [3.8, 4) is 103 Å². The van der Waals surface area contributed by atoms with Crippen LogP contribution >= 0.6 is 0 Å². The van der Waals surface area contributed by atoms with E-state index < -0.39 is 0 Å². The summed E-state index contributed by atoms with van der Waals surface area (Å²) in [6.07, 6.45) is 0. The molecule has 0 radical (unpaired) electrons. The van der Waals surface area contributed by atoms with Crippen LogP contribution in [0.5, 0.6) is 23.0 Å². The van der Waals surface area contributed by atoms with E-state index in [1.807, 2.05) is 146 Å². The van der Waals surface area contributed by atoms with E-state index >= 15 is 0 Å². The maximum Gasteiger partial charge on any atom is 0.170 e. The zero-order valence-corrected chi connectivity index (χ0v) is 28.6. The summed E-state index contributed by atoms with van der Waals surface area (Å²) in [6.45, 7) is 0. The van der Waals surface area contributed by atoms with Crippen molar-refractivity contribution >= 4 is 0 Å². The Morgan fingerprint density at radius 1 is 0.333 bits per heavy atom. The normalized spacial score (nSPS) is 11.2. The number of ether oxygens (including phenoxy) is 2. The molecule has 0 N–H and O–H groups in total. The molecule has 8 aromatic rings. The lowest BCUT2D eigenvalue weighted by molar-refractivity contribution is 0.360. The lowest BCUT2D eigenvalue weighted by Gasteiger charge is -2.24. The van der Waals surface area contributed by atoms with Gasteiger partial charge in [0.15, 0.2) is 40.5 Å². The van der Waals surface area contributed by atoms with E-state index in [0.29, 0.717) is 51.6 Å². The van der Waals surface area contributed by atoms with Gasteiger partial charge >= 0.3 is 0 Å². The average molecular weight is 694 g/mol. The van der Waals surface area contributed by atoms with Crippen LogP contribution in [0.15, 0.2) is 164 Å². The van der Waals surface area contributed by atoms with Gasteiger partial charge in [0.2, 0.25) is 0 Å². The summed E-state index contributed by atoms with van der Waals surface area (Å²) in [7, 11) is 0. The van der Waals surface area contributed by atoms with Gasteiger partial charge in [0.1, 0.15) is 0 Å². The van der Waals surface area contributed by atoms with Crippen LogP contribution < -0.4 is 9.47 Å². The van der Waals surface area contributed by atoms with Crippen LogP contribution in [0.1, 0.15) is 11.1 Å². The Labute approximate surface area is 311 Å². The number of aromatic nitrogens is 3. The molecule has 2 heterocycles. The number of fused-ring (bicyclic) bond motifs is 2. The van der Waals surface area contributed by atoms with Crippen LogP contribution in [0.4, 0.5) is 0 Å². The van der Waals surface area contributed by atoms with Gasteiger partial charge in [-0.2, -0.15) is 10.5 Å². The van der Waals surface area contributed by atoms with Gasteiger partial charge in [-0.1, -0.05) is 109 Å². The summed E-state index contributed by atoms with van der Waals surface area (Å²) >= 11 is 0. The molecular weight excluding hydrogens is 667 g/mol. The molecule has 0 unspecified atom stereocenters. The molecule has 1 aliphatic heterocycles. The molecule has 7 heteroatoms. The summed E-state index contributed by atoms with van der Waals surface area (Å²) in [6, 6.07) is 57.0. The Morgan fingerprint density at radius 2 is 0.759 bits per heavy atom. The summed E-state index contributed by atoms with van der Waals surface area (Å²) in [4.78, 5) is 14.7. The van der Waals surface area contributed by atoms with Crippen molar-refractivity contribution in [2.75, 3.05) is 0 Å². The van der Waals surface area contributed by atoms with Crippen LogP contribution in [-0.2, 0) is 0 Å². The van der Waals surface area contributed by atoms with Crippen molar-refractivity contribution in [2.45, 2.75) is 0 Å². The highest BCUT2D eigenvalue weighted by molar-refractivity contribution is 5.87. The Kier molecular flexibility index (Phi) is 8.13. The lowest BCUT2D eigenvalue weighted by atomic mass is 9.92. The van der Waals surface area contributed by atoms with Crippen molar-refractivity contribution in [1.29, 1.82) is 10.5 Å². The first-order valence-electron chi connectivity index (χ1n) is 17.3. The zero-order chi connectivity index (χ0) is 36.4. The molecule has 1 aromatic heterocycles. The summed E-state index contributed by atoms with van der Waals surface area (Å²) in [5, 5.41) is 19.3. The van der Waals surface area contributed by atoms with Gasteiger partial charge in [-0.05, 0) is 88.0 Å². The average Bonchev–Trinajstić information content (AvgIpc) is 3.25. The van der Waals surface area contributed by atoms with Crippen molar-refractivity contribution in [3.63, 3.8) is 0 Å². The monoisotopic (exact) mass is 693 g/mol. The SMILES string of the molecule is N#Cc1cccc(-c2cc3c(cc2-c2cccc(C#N)c2)Oc2cc(-c4cccc(-c5nc(-c6ccccc6)nc(-c6ccccc6)n5)c4)ccc2O3)c1. The van der Waals surface area contributed by atoms with Gasteiger partial charge in [0.05, 0.1) is 23.3 Å². The molecule has 0 bridgehead atoms. The molecule has 9 rings (SSSR count). The van der Waals surface area contributed by atoms with Crippen molar-refractivity contribution < 1.29 is 9.47 Å². The molecule has 7 nitrogen and oxygen atoms in total. The van der Waals surface area contributed by atoms with E-state index in [2.05, 4.69) is 18.2 Å². The maximum absolute atomic E-state index is 9.65. The zero-order valence-electron chi connectivity index (χ0n) is 28.6. The Morgan fingerprint density at radius 3 is 1.31 bits per heavy atom. The standard InChI is InChI=1S/C47H27N5O2/c48-28-30-10-7-17-36(22-30)39-26-43-44(27-40(39)37-18-8-11-31(23-37)29-49)54-42-25-35(20-21-41(42)53-43)34-16-9-19-38(24-34)47-51-45(32-12-3-1-4-13-32)50-46(52-47)33-14-5-2-6-15-33/h1-27H. The Hall–Kier alpha value is -7.87. The van der Waals surface area contributed by atoms with Crippen LogP contribution in [0.3, 0.4) is 0 Å². The number of hydrogen-bond donors (Lipinski definition) is 0. The van der Waals surface area contributed by atoms with E-state index in [1.54, 1.807) is 12.1 Å². The fourth-order valence-corrected chi connectivity index (χ4v) is 6.57. The first kappa shape index (κ1) is 32.1. The van der Waals surface area contributed by atoms with Crippen molar-refractivity contribution in [2.24, 2.45) is 0 Å². The topological polar surface area (TPSA) is 105 Å². The lowest BCUT2D eigenvalue weighted by Crippen LogP contribution is -2.01. The second-order valence-electron chi connectivity index (χ2n) is 12.7. The van der Waals surface area contributed by atoms with E-state index in [1.165, 1.54) is 0 Å². The van der Waals surface area contributed by atoms with Crippen LogP contribution in [0, 0.1) is 22.7 Å². The highest BCUT2D eigenvalue weighted by atomic mass is 16.6. The van der Waals surface area contributed by atoms with E-state index in [-0.39, 0.29) is 0 Å². The van der Waals surface area contributed by atoms with Gasteiger partial charge in [-0.15, -0.1) is 0 Å². The molecule has 7 aromatic carbocycles. The first-order chi connectivity index (χ1) is 26.6. The minimum Gasteiger partial charge on any atom is -0.449 e. The summed E-state index contributed by atoms with van der Waals surface area (Å²) < 4.78 is 13.0. The third-order valence-electron chi connectivity index (χ3n) is 9.23. The van der Waals surface area contributed by atoms with Gasteiger partial charge in [0, 0.05) is 16.7 Å². The fourth-order valence-electron chi connectivity index (χ4n) is 6.57. The largest absolute Gasteiger partial charge is 0.449 e. The van der Waals surface area contributed by atoms with Crippen LogP contribution in [-0.4, -0.2) is 15.0 Å². The molecule has 0 aliphatic carbocycles. The molecule has 1 aliphatic rings. The van der Waals surface area contributed by atoms with Gasteiger partial charge in [0.25, 0.3) is 0 Å². The molecule has 0 atom stereocenters. The minimum atomic E-state index is 0.540. The van der Waals surface area contributed by atoms with Crippen molar-refractivity contribution in [3.05, 3.63) is 175 Å². The molecular formula is C47H27N5O2. The summed E-state index contributed by atoms with van der Waals surface area (Å²) in [5.41, 5.74) is 9.03. The van der Waals surface area contributed by atoms with Gasteiger partial charge in [-0.25, -0.2) is 15.0 Å². The predicted octanol–water partition coefficient (Wildman–Crippen LogP) is 11.5. The van der Waals surface area contributed by atoms with Crippen LogP contribution in [0.2, 0.25) is 0 Å². The number of rotatable bonds is 6. The van der Waals surface area contributed by atoms with E-state index in [4.69, 9.17) is 24.4 Å². The minimum absolute atomic E-state index is 0.540. The molecule has 0 fully saturated rings. The second-order valence-corrected chi connectivity index (χ2v) is 12.7. The number of hydrogen-bond acceptors (Lipinski definition) is 7. The number of nitrogens with zero attached hydrogens (tertiary/aromatic N) is 5. The molecule has 0 amide bonds. The highest BCUT2D eigenvalue weighted by Gasteiger charge is 2.24. The van der Waals surface area contributed by atoms with Gasteiger partial charge in [-0.3, -0.25) is 0 Å². The quantitative estimate of drug-likeness (QED) is 0.171. The third kappa shape index (κ3) is 6.19. The Balaban J connectivity index is 1.09. The third-order valence-corrected chi connectivity index (χ3v) is 9.23. The maximum atomic E-state index is 9.65. The molecule has 0 saturated carbocycles. The number of nitriles is 2. The predicted molar refractivity (Wildman–Crippen MR) is 208 cm³/mol. The van der Waals surface area contributed by atoms with E-state index in [0.717, 1.165) is 50.1 Å². The first-order valence-corrected chi connectivity index (χ1v) is 17.3. The van der Waals surface area contributed by atoms with Crippen molar-refractivity contribution in [1.82, 2.24) is 15.0 Å². The molecule has 54 heavy (non-hydrogen) atoms. The smallest absolute Gasteiger partial charge is 0.170 e. The Bertz CT molecular complexity index is 2750. The number of benzene rings is 7. The van der Waals surface area contributed by atoms with Gasteiger partial charge < -0.3 is 9.47 Å². The highest BCUT2D eigenvalue weighted by Crippen LogP contribution is 2.50. The fraction of sp³-hybridized carbons (Fsp3) is 0. The second kappa shape index (κ2) is 13.7. The molecule has 252 valence electrons. The summed E-state index contributed by atoms with van der Waals surface area (Å²) in [5.74, 6) is 4.01. The van der Waals surface area contributed by atoms with E-state index in [9.17, 15) is 10.5 Å². The molecule has 0 saturated heterocycles. The molecule has 0 spiro atoms.